The summed E-state index contributed by atoms with van der Waals surface area (Å²) in [6.45, 7) is 2.44. The first kappa shape index (κ1) is 14.9. The van der Waals surface area contributed by atoms with Gasteiger partial charge in [0.15, 0.2) is 0 Å². The number of hydrogen-bond acceptors (Lipinski definition) is 3. The number of carbonyl (C=O) groups excluding carboxylic acids is 1. The maximum atomic E-state index is 12.2. The Hall–Kier alpha value is -2.47. The van der Waals surface area contributed by atoms with Gasteiger partial charge in [-0.15, -0.1) is 0 Å². The lowest BCUT2D eigenvalue weighted by Crippen LogP contribution is -2.16. The smallest absolute Gasteiger partial charge is 0.335 e. The lowest BCUT2D eigenvalue weighted by molar-refractivity contribution is 0.0696. The van der Waals surface area contributed by atoms with Crippen LogP contribution in [0.3, 0.4) is 0 Å². The number of aromatic hydroxyl groups is 1. The van der Waals surface area contributed by atoms with Crippen LogP contribution in [-0.4, -0.2) is 26.7 Å². The predicted octanol–water partition coefficient (Wildman–Crippen LogP) is 2.82. The Bertz CT molecular complexity index is 709. The number of rotatable bonds is 4. The summed E-state index contributed by atoms with van der Waals surface area (Å²) in [7, 11) is 0. The van der Waals surface area contributed by atoms with E-state index in [0.717, 1.165) is 6.07 Å². The fourth-order valence-corrected chi connectivity index (χ4v) is 2.10. The van der Waals surface area contributed by atoms with Crippen LogP contribution in [-0.2, 0) is 6.54 Å². The van der Waals surface area contributed by atoms with E-state index in [1.165, 1.54) is 18.2 Å². The zero-order valence-corrected chi connectivity index (χ0v) is 11.9. The minimum atomic E-state index is -1.16. The minimum Gasteiger partial charge on any atom is -0.506 e. The highest BCUT2D eigenvalue weighted by molar-refractivity contribution is 6.31. The molecule has 0 spiro atoms. The highest BCUT2D eigenvalue weighted by atomic mass is 35.5. The van der Waals surface area contributed by atoms with Gasteiger partial charge in [-0.2, -0.15) is 0 Å². The van der Waals surface area contributed by atoms with Crippen molar-refractivity contribution in [1.29, 1.82) is 0 Å². The van der Waals surface area contributed by atoms with Crippen LogP contribution in [0.5, 0.6) is 5.75 Å². The minimum absolute atomic E-state index is 0.0644. The average molecular weight is 309 g/mol. The van der Waals surface area contributed by atoms with Crippen LogP contribution < -0.4 is 5.32 Å². The number of hydrogen-bond donors (Lipinski definition) is 3. The van der Waals surface area contributed by atoms with E-state index in [-0.39, 0.29) is 17.0 Å². The molecule has 7 heteroatoms. The molecule has 21 heavy (non-hydrogen) atoms. The highest BCUT2D eigenvalue weighted by Crippen LogP contribution is 2.25. The number of phenols is 1. The summed E-state index contributed by atoms with van der Waals surface area (Å²) in [5.74, 6) is -1.92. The van der Waals surface area contributed by atoms with Gasteiger partial charge in [-0.3, -0.25) is 4.79 Å². The Kier molecular flexibility index (Phi) is 4.18. The Balaban J connectivity index is 2.25. The van der Waals surface area contributed by atoms with Crippen LogP contribution in [0.2, 0.25) is 5.02 Å². The quantitative estimate of drug-likeness (QED) is 0.757. The fourth-order valence-electron chi connectivity index (χ4n) is 1.88. The number of nitrogens with zero attached hydrogens (tertiary/aromatic N) is 1. The van der Waals surface area contributed by atoms with E-state index in [4.69, 9.17) is 16.7 Å². The van der Waals surface area contributed by atoms with Crippen molar-refractivity contribution in [3.63, 3.8) is 0 Å². The van der Waals surface area contributed by atoms with Gasteiger partial charge in [0.25, 0.3) is 5.91 Å². The summed E-state index contributed by atoms with van der Waals surface area (Å²) in [4.78, 5) is 22.9. The van der Waals surface area contributed by atoms with E-state index < -0.39 is 11.9 Å². The van der Waals surface area contributed by atoms with Crippen LogP contribution in [0.1, 0.15) is 27.8 Å². The zero-order chi connectivity index (χ0) is 15.6. The molecule has 0 aliphatic carbocycles. The molecule has 0 saturated carbocycles. The number of aromatic nitrogens is 1. The molecule has 0 radical (unpaired) electrons. The first-order valence-electron chi connectivity index (χ1n) is 6.15. The number of aryl methyl sites for hydroxylation is 1. The summed E-state index contributed by atoms with van der Waals surface area (Å²) < 4.78 is 1.67. The van der Waals surface area contributed by atoms with Gasteiger partial charge in [0.2, 0.25) is 0 Å². The summed E-state index contributed by atoms with van der Waals surface area (Å²) in [6, 6.07) is 5.22. The molecule has 1 aromatic heterocycles. The number of phenolic OH excluding ortho intramolecular Hbond substituents is 1. The van der Waals surface area contributed by atoms with Crippen molar-refractivity contribution in [2.24, 2.45) is 0 Å². The Morgan fingerprint density at radius 3 is 2.62 bits per heavy atom. The molecule has 2 rings (SSSR count). The van der Waals surface area contributed by atoms with Gasteiger partial charge in [-0.05, 0) is 31.2 Å². The average Bonchev–Trinajstić information content (AvgIpc) is 2.82. The number of carbonyl (C=O) groups is 2. The van der Waals surface area contributed by atoms with Gasteiger partial charge in [0.05, 0.1) is 16.3 Å². The molecule has 0 aliphatic rings. The van der Waals surface area contributed by atoms with E-state index >= 15 is 0 Å². The molecule has 0 aliphatic heterocycles. The van der Waals surface area contributed by atoms with Crippen molar-refractivity contribution in [1.82, 2.24) is 4.57 Å². The van der Waals surface area contributed by atoms with Crippen LogP contribution >= 0.6 is 11.6 Å². The lowest BCUT2D eigenvalue weighted by Gasteiger charge is -2.09. The van der Waals surface area contributed by atoms with Crippen LogP contribution in [0.4, 0.5) is 5.69 Å². The Morgan fingerprint density at radius 1 is 1.33 bits per heavy atom. The van der Waals surface area contributed by atoms with Gasteiger partial charge in [-0.1, -0.05) is 11.6 Å². The molecule has 2 aromatic rings. The van der Waals surface area contributed by atoms with E-state index in [2.05, 4.69) is 5.32 Å². The van der Waals surface area contributed by atoms with Gasteiger partial charge in [0, 0.05) is 12.7 Å². The standard InChI is InChI=1S/C14H13ClN2O4/c1-2-17-7-9(15)6-11(17)13(19)16-10-4-3-8(14(20)21)5-12(10)18/h3-7,18H,2H2,1H3,(H,16,19)(H,20,21). The van der Waals surface area contributed by atoms with Gasteiger partial charge < -0.3 is 20.1 Å². The molecule has 6 nitrogen and oxygen atoms in total. The Morgan fingerprint density at radius 2 is 2.05 bits per heavy atom. The summed E-state index contributed by atoms with van der Waals surface area (Å²) >= 11 is 5.86. The molecule has 1 heterocycles. The lowest BCUT2D eigenvalue weighted by atomic mass is 10.2. The molecular formula is C14H13ClN2O4. The number of amides is 1. The molecule has 0 saturated heterocycles. The number of carboxylic acids is 1. The third-order valence-electron chi connectivity index (χ3n) is 2.93. The Labute approximate surface area is 125 Å². The maximum absolute atomic E-state index is 12.2. The second-order valence-corrected chi connectivity index (χ2v) is 4.76. The van der Waals surface area contributed by atoms with Crippen molar-refractivity contribution < 1.29 is 19.8 Å². The van der Waals surface area contributed by atoms with Crippen molar-refractivity contribution in [3.05, 3.63) is 46.7 Å². The third kappa shape index (κ3) is 3.17. The molecular weight excluding hydrogens is 296 g/mol. The molecule has 0 atom stereocenters. The van der Waals surface area contributed by atoms with Crippen LogP contribution in [0, 0.1) is 0 Å². The molecule has 0 bridgehead atoms. The van der Waals surface area contributed by atoms with Crippen molar-refractivity contribution >= 4 is 29.2 Å². The monoisotopic (exact) mass is 308 g/mol. The van der Waals surface area contributed by atoms with Crippen molar-refractivity contribution in [2.75, 3.05) is 5.32 Å². The third-order valence-corrected chi connectivity index (χ3v) is 3.14. The molecule has 0 fully saturated rings. The predicted molar refractivity (Wildman–Crippen MR) is 78.1 cm³/mol. The van der Waals surface area contributed by atoms with E-state index in [1.54, 1.807) is 10.8 Å². The zero-order valence-electron chi connectivity index (χ0n) is 11.1. The first-order valence-corrected chi connectivity index (χ1v) is 6.53. The number of carboxylic acid groups (broad SMARTS) is 1. The van der Waals surface area contributed by atoms with Crippen LogP contribution in [0.15, 0.2) is 30.5 Å². The van der Waals surface area contributed by atoms with E-state index in [0.29, 0.717) is 17.3 Å². The van der Waals surface area contributed by atoms with Gasteiger partial charge in [-0.25, -0.2) is 4.79 Å². The SMILES string of the molecule is CCn1cc(Cl)cc1C(=O)Nc1ccc(C(=O)O)cc1O. The number of benzene rings is 1. The molecule has 0 unspecified atom stereocenters. The van der Waals surface area contributed by atoms with Crippen molar-refractivity contribution in [2.45, 2.75) is 13.5 Å². The van der Waals surface area contributed by atoms with E-state index in [9.17, 15) is 14.7 Å². The maximum Gasteiger partial charge on any atom is 0.335 e. The summed E-state index contributed by atoms with van der Waals surface area (Å²) in [5.41, 5.74) is 0.416. The first-order chi connectivity index (χ1) is 9.92. The molecule has 110 valence electrons. The second-order valence-electron chi connectivity index (χ2n) is 4.32. The number of halogens is 1. The van der Waals surface area contributed by atoms with Crippen LogP contribution in [0.25, 0.3) is 0 Å². The second kappa shape index (κ2) is 5.88. The summed E-state index contributed by atoms with van der Waals surface area (Å²) in [6.07, 6.45) is 1.63. The largest absolute Gasteiger partial charge is 0.506 e. The molecule has 3 N–H and O–H groups in total. The van der Waals surface area contributed by atoms with Gasteiger partial charge in [0.1, 0.15) is 11.4 Å². The molecule has 1 amide bonds. The van der Waals surface area contributed by atoms with Gasteiger partial charge >= 0.3 is 5.97 Å². The van der Waals surface area contributed by atoms with Crippen molar-refractivity contribution in [3.8, 4) is 5.75 Å². The summed E-state index contributed by atoms with van der Waals surface area (Å²) in [5, 5.41) is 21.5. The number of nitrogens with one attached hydrogen (secondary N) is 1. The topological polar surface area (TPSA) is 91.6 Å². The number of anilines is 1. The van der Waals surface area contributed by atoms with E-state index in [1.807, 2.05) is 6.92 Å². The highest BCUT2D eigenvalue weighted by Gasteiger charge is 2.15. The fraction of sp³-hybridized carbons (Fsp3) is 0.143. The normalized spacial score (nSPS) is 10.4. The number of aromatic carboxylic acids is 1. The molecule has 1 aromatic carbocycles.